The minimum Gasteiger partial charge on any atom is -0.507 e. The zero-order valence-corrected chi connectivity index (χ0v) is 30.3. The number of rotatable bonds is 10. The molecule has 0 saturated carbocycles. The van der Waals surface area contributed by atoms with Crippen molar-refractivity contribution in [1.82, 2.24) is 9.80 Å². The summed E-state index contributed by atoms with van der Waals surface area (Å²) in [5.41, 5.74) is 5.45. The number of amides is 2. The average Bonchev–Trinajstić information content (AvgIpc) is 3.43. The molecule has 0 bridgehead atoms. The van der Waals surface area contributed by atoms with Crippen LogP contribution in [0.1, 0.15) is 50.2 Å². The van der Waals surface area contributed by atoms with Crippen LogP contribution in [0.2, 0.25) is 6.32 Å². The first kappa shape index (κ1) is 35.3. The lowest BCUT2D eigenvalue weighted by Gasteiger charge is -2.43. The number of hydrogen-bond donors (Lipinski definition) is 2. The number of piperidine rings is 1. The smallest absolute Gasteiger partial charge is 0.455 e. The van der Waals surface area contributed by atoms with Gasteiger partial charge in [-0.25, -0.2) is 0 Å². The van der Waals surface area contributed by atoms with E-state index < -0.39 is 25.1 Å². The number of carbonyl (C=O) groups is 2. The number of phenols is 1. The van der Waals surface area contributed by atoms with E-state index in [1.54, 1.807) is 11.0 Å². The quantitative estimate of drug-likeness (QED) is 0.102. The number of imide groups is 1. The first-order valence-corrected chi connectivity index (χ1v) is 19.1. The fourth-order valence-corrected chi connectivity index (χ4v) is 9.27. The van der Waals surface area contributed by atoms with Crippen molar-refractivity contribution in [3.63, 3.8) is 0 Å². The van der Waals surface area contributed by atoms with Gasteiger partial charge in [0.2, 0.25) is 11.8 Å². The second kappa shape index (κ2) is 15.3. The summed E-state index contributed by atoms with van der Waals surface area (Å²) in [6.45, 7) is 4.90. The highest BCUT2D eigenvalue weighted by Crippen LogP contribution is 2.51. The van der Waals surface area contributed by atoms with Crippen LogP contribution in [0.4, 0.5) is 0 Å². The van der Waals surface area contributed by atoms with Crippen molar-refractivity contribution < 1.29 is 29.1 Å². The van der Waals surface area contributed by atoms with Crippen LogP contribution in [-0.4, -0.2) is 70.7 Å². The van der Waals surface area contributed by atoms with Gasteiger partial charge in [0.15, 0.2) is 0 Å². The minimum atomic E-state index is -1.03. The predicted molar refractivity (Wildman–Crippen MR) is 207 cm³/mol. The summed E-state index contributed by atoms with van der Waals surface area (Å²) >= 11 is 0. The Morgan fingerprint density at radius 1 is 0.887 bits per heavy atom. The lowest BCUT2D eigenvalue weighted by atomic mass is 9.58. The first-order chi connectivity index (χ1) is 25.8. The van der Waals surface area contributed by atoms with Crippen LogP contribution in [-0.2, 0) is 20.8 Å². The molecule has 0 radical (unpaired) electrons. The number of allylic oxidation sites excluding steroid dienone is 1. The van der Waals surface area contributed by atoms with Crippen molar-refractivity contribution in [2.75, 3.05) is 19.7 Å². The Morgan fingerprint density at radius 2 is 1.58 bits per heavy atom. The molecule has 9 heteroatoms. The van der Waals surface area contributed by atoms with E-state index in [4.69, 9.17) is 9.39 Å². The third kappa shape index (κ3) is 7.30. The highest BCUT2D eigenvalue weighted by Gasteiger charge is 2.58. The lowest BCUT2D eigenvalue weighted by molar-refractivity contribution is -0.144. The lowest BCUT2D eigenvalue weighted by Crippen LogP contribution is -2.48. The van der Waals surface area contributed by atoms with Crippen LogP contribution in [0.15, 0.2) is 114 Å². The van der Waals surface area contributed by atoms with Crippen molar-refractivity contribution in [3.05, 3.63) is 125 Å². The maximum atomic E-state index is 14.5. The maximum absolute atomic E-state index is 14.5. The van der Waals surface area contributed by atoms with Gasteiger partial charge in [-0.2, -0.15) is 0 Å². The number of phenolic OH excluding ortho intramolecular Hbond substituents is 1. The Morgan fingerprint density at radius 3 is 2.34 bits per heavy atom. The zero-order valence-electron chi connectivity index (χ0n) is 30.3. The zero-order chi connectivity index (χ0) is 36.5. The normalized spacial score (nSPS) is 24.2. The molecule has 4 aliphatic rings. The third-order valence-corrected chi connectivity index (χ3v) is 11.8. The molecular weight excluding hydrogens is 663 g/mol. The molecule has 1 aliphatic carbocycles. The van der Waals surface area contributed by atoms with E-state index in [9.17, 15) is 19.7 Å². The molecule has 3 saturated heterocycles. The molecule has 0 spiro atoms. The maximum Gasteiger partial charge on any atom is 0.455 e. The van der Waals surface area contributed by atoms with Crippen LogP contribution < -0.4 is 4.74 Å². The van der Waals surface area contributed by atoms with Gasteiger partial charge >= 0.3 is 7.12 Å². The molecule has 2 amide bonds. The van der Waals surface area contributed by atoms with Gasteiger partial charge in [0.1, 0.15) is 18.1 Å². The molecule has 0 unspecified atom stereocenters. The number of aromatic hydroxyl groups is 1. The van der Waals surface area contributed by atoms with E-state index >= 15 is 0 Å². The first-order valence-electron chi connectivity index (χ1n) is 19.1. The van der Waals surface area contributed by atoms with Crippen LogP contribution in [0.3, 0.4) is 0 Å². The van der Waals surface area contributed by atoms with Crippen molar-refractivity contribution in [2.45, 2.75) is 64.0 Å². The highest BCUT2D eigenvalue weighted by atomic mass is 16.5. The number of nitrogens with zero attached hydrogens (tertiary/aromatic N) is 2. The van der Waals surface area contributed by atoms with Gasteiger partial charge in [0, 0.05) is 31.1 Å². The summed E-state index contributed by atoms with van der Waals surface area (Å²) in [5, 5.41) is 23.4. The molecule has 0 aromatic heterocycles. The molecule has 8 rings (SSSR count). The van der Waals surface area contributed by atoms with Gasteiger partial charge in [0.25, 0.3) is 0 Å². The Hall–Kier alpha value is -4.70. The van der Waals surface area contributed by atoms with E-state index in [1.165, 1.54) is 5.56 Å². The molecule has 53 heavy (non-hydrogen) atoms. The molecule has 4 aromatic rings. The summed E-state index contributed by atoms with van der Waals surface area (Å²) in [4.78, 5) is 32.8. The second-order valence-corrected chi connectivity index (χ2v) is 15.2. The van der Waals surface area contributed by atoms with E-state index in [0.717, 1.165) is 71.3 Å². The van der Waals surface area contributed by atoms with Crippen LogP contribution in [0, 0.1) is 17.8 Å². The molecule has 3 aliphatic heterocycles. The van der Waals surface area contributed by atoms with Crippen LogP contribution in [0.25, 0.3) is 16.8 Å². The Balaban J connectivity index is 1.03. The fourth-order valence-electron chi connectivity index (χ4n) is 9.27. The highest BCUT2D eigenvalue weighted by molar-refractivity contribution is 6.43. The molecule has 272 valence electrons. The third-order valence-electron chi connectivity index (χ3n) is 11.8. The molecule has 2 N–H and O–H groups in total. The minimum absolute atomic E-state index is 0.0739. The van der Waals surface area contributed by atoms with Crippen molar-refractivity contribution in [2.24, 2.45) is 17.8 Å². The summed E-state index contributed by atoms with van der Waals surface area (Å²) in [6, 6.07) is 31.4. The summed E-state index contributed by atoms with van der Waals surface area (Å²) < 4.78 is 12.6. The summed E-state index contributed by atoms with van der Waals surface area (Å²) in [7, 11) is -1.03. The molecule has 3 heterocycles. The van der Waals surface area contributed by atoms with Crippen molar-refractivity contribution >= 4 is 35.8 Å². The van der Waals surface area contributed by atoms with E-state index in [1.807, 2.05) is 66.7 Å². The molecule has 4 aromatic carbocycles. The summed E-state index contributed by atoms with van der Waals surface area (Å²) in [6.07, 6.45) is 5.27. The standard InChI is InChI=1S/C44H47BN2O6/c1-29(24-31-17-18-39(48)36-15-9-8-14-35(31)36)16-19-40-41-32(28-52-34-12-6-3-7-13-34)25-37-42(38(41)26-45(51)53-40)44(50)47(43(37)49)33-20-22-46(23-21-33)27-30-10-4-2-5-11-30/h2-15,17-18,24,33,37-38,40,42,48,51H,16,19-23,25-28H2,1H3/b29-24+/t37-,38+,40-,42-/m1/s1. The molecular formula is C44H47BN2O6. The van der Waals surface area contributed by atoms with Crippen molar-refractivity contribution in [3.8, 4) is 11.5 Å². The topological polar surface area (TPSA) is 99.5 Å². The van der Waals surface area contributed by atoms with E-state index in [-0.39, 0.29) is 35.8 Å². The summed E-state index contributed by atoms with van der Waals surface area (Å²) in [5.74, 6) is -0.451. The number of likely N-dealkylation sites (tertiary alicyclic amines) is 2. The number of carbonyl (C=O) groups excluding carboxylic acids is 2. The van der Waals surface area contributed by atoms with Gasteiger partial charge in [-0.15, -0.1) is 0 Å². The van der Waals surface area contributed by atoms with Crippen LogP contribution >= 0.6 is 0 Å². The van der Waals surface area contributed by atoms with Crippen LogP contribution in [0.5, 0.6) is 11.5 Å². The Bertz CT molecular complexity index is 2030. The Labute approximate surface area is 311 Å². The number of hydrogen-bond acceptors (Lipinski definition) is 7. The molecule has 4 atom stereocenters. The van der Waals surface area contributed by atoms with Gasteiger partial charge in [0.05, 0.1) is 17.9 Å². The van der Waals surface area contributed by atoms with Gasteiger partial charge in [-0.1, -0.05) is 90.5 Å². The fraction of sp³-hybridized carbons (Fsp3) is 0.364. The number of ether oxygens (including phenoxy) is 1. The monoisotopic (exact) mass is 710 g/mol. The van der Waals surface area contributed by atoms with E-state index in [0.29, 0.717) is 25.9 Å². The van der Waals surface area contributed by atoms with E-state index in [2.05, 4.69) is 42.2 Å². The SMILES string of the molecule is C/C(=C\c1ccc(O)c2ccccc12)CC[C@H]1OB(O)C[C@H]2C1=C(COc1ccccc1)C[C@H]1C(=O)N(C3CCN(Cc4ccccc4)CC3)C(=O)[C@H]12. The predicted octanol–water partition coefficient (Wildman–Crippen LogP) is 7.27. The van der Waals surface area contributed by atoms with Crippen molar-refractivity contribution in [1.29, 1.82) is 0 Å². The van der Waals surface area contributed by atoms with Gasteiger partial charge in [-0.05, 0) is 97.1 Å². The Kier molecular flexibility index (Phi) is 10.2. The van der Waals surface area contributed by atoms with Gasteiger partial charge in [-0.3, -0.25) is 19.4 Å². The molecule has 8 nitrogen and oxygen atoms in total. The number of benzene rings is 4. The van der Waals surface area contributed by atoms with Gasteiger partial charge < -0.3 is 19.5 Å². The average molecular weight is 711 g/mol. The largest absolute Gasteiger partial charge is 0.507 e. The second-order valence-electron chi connectivity index (χ2n) is 15.2. The number of para-hydroxylation sites is 1. The molecule has 3 fully saturated rings. The number of fused-ring (bicyclic) bond motifs is 4.